The van der Waals surface area contributed by atoms with E-state index in [-0.39, 0.29) is 29.8 Å². The maximum Gasteiger partial charge on any atom is 0.191 e. The largest absolute Gasteiger partial charge is 0.380 e. The molecular formula is C14H22BrFIN3O. The SMILES string of the molecule is CCNC(=NCc1ccc(Br)cc1F)NCCOCC.I. The van der Waals surface area contributed by atoms with Gasteiger partial charge in [-0.2, -0.15) is 0 Å². The molecule has 0 fully saturated rings. The number of hydrogen-bond acceptors (Lipinski definition) is 2. The second-order valence-electron chi connectivity index (χ2n) is 4.05. The number of nitrogens with zero attached hydrogens (tertiary/aromatic N) is 1. The molecule has 0 aromatic heterocycles. The highest BCUT2D eigenvalue weighted by Gasteiger charge is 2.03. The fourth-order valence-electron chi connectivity index (χ4n) is 1.54. The van der Waals surface area contributed by atoms with Crippen molar-refractivity contribution < 1.29 is 9.13 Å². The lowest BCUT2D eigenvalue weighted by atomic mass is 10.2. The van der Waals surface area contributed by atoms with Crippen LogP contribution in [0.5, 0.6) is 0 Å². The topological polar surface area (TPSA) is 45.7 Å². The van der Waals surface area contributed by atoms with Crippen LogP contribution in [0.4, 0.5) is 4.39 Å². The van der Waals surface area contributed by atoms with Gasteiger partial charge < -0.3 is 15.4 Å². The molecule has 1 aromatic carbocycles. The van der Waals surface area contributed by atoms with Gasteiger partial charge in [-0.15, -0.1) is 24.0 Å². The number of ether oxygens (including phenoxy) is 1. The van der Waals surface area contributed by atoms with E-state index in [1.165, 1.54) is 6.07 Å². The Kier molecular flexibility index (Phi) is 11.9. The summed E-state index contributed by atoms with van der Waals surface area (Å²) < 4.78 is 19.7. The summed E-state index contributed by atoms with van der Waals surface area (Å²) in [6.45, 7) is 6.97. The van der Waals surface area contributed by atoms with Gasteiger partial charge in [0.2, 0.25) is 0 Å². The average Bonchev–Trinajstić information content (AvgIpc) is 2.42. The quantitative estimate of drug-likeness (QED) is 0.276. The Hall–Kier alpha value is -0.410. The maximum absolute atomic E-state index is 13.7. The van der Waals surface area contributed by atoms with E-state index in [2.05, 4.69) is 31.6 Å². The third-order valence-electron chi connectivity index (χ3n) is 2.51. The summed E-state index contributed by atoms with van der Waals surface area (Å²) in [6.07, 6.45) is 0. The van der Waals surface area contributed by atoms with Crippen LogP contribution in [0, 0.1) is 5.82 Å². The van der Waals surface area contributed by atoms with E-state index in [1.807, 2.05) is 19.9 Å². The highest BCUT2D eigenvalue weighted by molar-refractivity contribution is 14.0. The third kappa shape index (κ3) is 8.57. The van der Waals surface area contributed by atoms with Gasteiger partial charge in [-0.25, -0.2) is 9.38 Å². The van der Waals surface area contributed by atoms with Gasteiger partial charge in [0.1, 0.15) is 5.82 Å². The zero-order valence-electron chi connectivity index (χ0n) is 12.3. The molecule has 0 heterocycles. The van der Waals surface area contributed by atoms with Gasteiger partial charge >= 0.3 is 0 Å². The van der Waals surface area contributed by atoms with Crippen LogP contribution in [0.3, 0.4) is 0 Å². The molecule has 0 radical (unpaired) electrons. The first-order chi connectivity index (χ1) is 9.67. The molecule has 7 heteroatoms. The van der Waals surface area contributed by atoms with Crippen LogP contribution in [0.1, 0.15) is 19.4 Å². The van der Waals surface area contributed by atoms with Crippen molar-refractivity contribution in [3.8, 4) is 0 Å². The predicted octanol–water partition coefficient (Wildman–Crippen LogP) is 3.30. The van der Waals surface area contributed by atoms with Gasteiger partial charge in [-0.05, 0) is 26.0 Å². The number of nitrogens with one attached hydrogen (secondary N) is 2. The number of halogens is 3. The molecule has 1 rings (SSSR count). The molecular weight excluding hydrogens is 452 g/mol. The van der Waals surface area contributed by atoms with Crippen LogP contribution >= 0.6 is 39.9 Å². The second kappa shape index (κ2) is 12.2. The Labute approximate surface area is 151 Å². The van der Waals surface area contributed by atoms with Crippen molar-refractivity contribution in [1.29, 1.82) is 0 Å². The normalized spacial score (nSPS) is 11.0. The summed E-state index contributed by atoms with van der Waals surface area (Å²) in [5.74, 6) is 0.405. The molecule has 2 N–H and O–H groups in total. The summed E-state index contributed by atoms with van der Waals surface area (Å²) in [4.78, 5) is 4.36. The summed E-state index contributed by atoms with van der Waals surface area (Å²) in [5.41, 5.74) is 0.565. The van der Waals surface area contributed by atoms with Gasteiger partial charge in [-0.1, -0.05) is 22.0 Å². The smallest absolute Gasteiger partial charge is 0.191 e. The summed E-state index contributed by atoms with van der Waals surface area (Å²) in [5, 5.41) is 6.25. The van der Waals surface area contributed by atoms with Gasteiger partial charge in [0.15, 0.2) is 5.96 Å². The van der Waals surface area contributed by atoms with Gasteiger partial charge in [0.25, 0.3) is 0 Å². The summed E-state index contributed by atoms with van der Waals surface area (Å²) in [6, 6.07) is 4.98. The van der Waals surface area contributed by atoms with Crippen LogP contribution in [0.15, 0.2) is 27.7 Å². The van der Waals surface area contributed by atoms with E-state index in [1.54, 1.807) is 6.07 Å². The first-order valence-electron chi connectivity index (χ1n) is 6.71. The molecule has 0 saturated carbocycles. The highest BCUT2D eigenvalue weighted by atomic mass is 127. The van der Waals surface area contributed by atoms with Crippen LogP contribution in [-0.4, -0.2) is 32.3 Å². The monoisotopic (exact) mass is 473 g/mol. The van der Waals surface area contributed by atoms with Crippen LogP contribution in [0.25, 0.3) is 0 Å². The molecule has 0 saturated heterocycles. The molecule has 0 aliphatic carbocycles. The molecule has 1 aromatic rings. The number of benzene rings is 1. The van der Waals surface area contributed by atoms with Crippen molar-refractivity contribution >= 4 is 45.9 Å². The highest BCUT2D eigenvalue weighted by Crippen LogP contribution is 2.15. The minimum Gasteiger partial charge on any atom is -0.380 e. The van der Waals surface area contributed by atoms with E-state index in [9.17, 15) is 4.39 Å². The summed E-state index contributed by atoms with van der Waals surface area (Å²) >= 11 is 3.24. The molecule has 0 atom stereocenters. The zero-order chi connectivity index (χ0) is 14.8. The lowest BCUT2D eigenvalue weighted by Crippen LogP contribution is -2.39. The van der Waals surface area contributed by atoms with Crippen molar-refractivity contribution in [2.75, 3.05) is 26.3 Å². The fraction of sp³-hybridized carbons (Fsp3) is 0.500. The van der Waals surface area contributed by atoms with Gasteiger partial charge in [-0.3, -0.25) is 0 Å². The van der Waals surface area contributed by atoms with Crippen LogP contribution in [-0.2, 0) is 11.3 Å². The standard InChI is InChI=1S/C14H21BrFN3O.HI/c1-3-17-14(18-7-8-20-4-2)19-10-11-5-6-12(15)9-13(11)16;/h5-6,9H,3-4,7-8,10H2,1-2H3,(H2,17,18,19);1H. The Morgan fingerprint density at radius 2 is 2.10 bits per heavy atom. The number of aliphatic imine (C=N–C) groups is 1. The number of guanidine groups is 1. The van der Waals surface area contributed by atoms with Crippen molar-refractivity contribution in [1.82, 2.24) is 10.6 Å². The van der Waals surface area contributed by atoms with Gasteiger partial charge in [0, 0.05) is 29.7 Å². The van der Waals surface area contributed by atoms with Crippen LogP contribution < -0.4 is 10.6 Å². The summed E-state index contributed by atoms with van der Waals surface area (Å²) in [7, 11) is 0. The Balaban J connectivity index is 0.00000400. The molecule has 0 aliphatic rings. The number of rotatable bonds is 7. The molecule has 0 amide bonds. The van der Waals surface area contributed by atoms with Crippen LogP contribution in [0.2, 0.25) is 0 Å². The lowest BCUT2D eigenvalue weighted by molar-refractivity contribution is 0.152. The second-order valence-corrected chi connectivity index (χ2v) is 4.97. The van der Waals surface area contributed by atoms with Crippen molar-refractivity contribution in [2.24, 2.45) is 4.99 Å². The first-order valence-corrected chi connectivity index (χ1v) is 7.50. The van der Waals surface area contributed by atoms with Crippen molar-refractivity contribution in [3.05, 3.63) is 34.1 Å². The molecule has 0 unspecified atom stereocenters. The molecule has 0 bridgehead atoms. The Morgan fingerprint density at radius 1 is 1.33 bits per heavy atom. The Morgan fingerprint density at radius 3 is 2.71 bits per heavy atom. The molecule has 4 nitrogen and oxygen atoms in total. The minimum absolute atomic E-state index is 0. The molecule has 0 spiro atoms. The lowest BCUT2D eigenvalue weighted by Gasteiger charge is -2.11. The van der Waals surface area contributed by atoms with E-state index < -0.39 is 0 Å². The fourth-order valence-corrected chi connectivity index (χ4v) is 1.87. The average molecular weight is 474 g/mol. The van der Waals surface area contributed by atoms with E-state index >= 15 is 0 Å². The predicted molar refractivity (Wildman–Crippen MR) is 98.8 cm³/mol. The van der Waals surface area contributed by atoms with E-state index in [4.69, 9.17) is 4.74 Å². The molecule has 120 valence electrons. The van der Waals surface area contributed by atoms with E-state index in [0.717, 1.165) is 11.0 Å². The van der Waals surface area contributed by atoms with Crippen molar-refractivity contribution in [2.45, 2.75) is 20.4 Å². The molecule has 0 aliphatic heterocycles. The van der Waals surface area contributed by atoms with E-state index in [0.29, 0.717) is 37.8 Å². The third-order valence-corrected chi connectivity index (χ3v) is 3.00. The Bertz CT molecular complexity index is 446. The first kappa shape index (κ1) is 20.6. The van der Waals surface area contributed by atoms with Crippen molar-refractivity contribution in [3.63, 3.8) is 0 Å². The zero-order valence-corrected chi connectivity index (χ0v) is 16.2. The minimum atomic E-state index is -0.256. The molecule has 21 heavy (non-hydrogen) atoms. The number of hydrogen-bond donors (Lipinski definition) is 2. The van der Waals surface area contributed by atoms with Gasteiger partial charge in [0.05, 0.1) is 13.2 Å². The maximum atomic E-state index is 13.7.